The Morgan fingerprint density at radius 3 is 2.50 bits per heavy atom. The standard InChI is InChI=1S/C12H23NO/c13-12-6-2-1-4-10(8-12)11-5-3-7-14-9-11/h10-12H,1-9,13H2. The smallest absolute Gasteiger partial charge is 0.0496 e. The fourth-order valence-electron chi connectivity index (χ4n) is 3.00. The van der Waals surface area contributed by atoms with E-state index >= 15 is 0 Å². The Labute approximate surface area is 87.2 Å². The van der Waals surface area contributed by atoms with Gasteiger partial charge in [0.15, 0.2) is 0 Å². The van der Waals surface area contributed by atoms with Crippen molar-refractivity contribution < 1.29 is 4.74 Å². The maximum Gasteiger partial charge on any atom is 0.0496 e. The molecule has 3 atom stereocenters. The van der Waals surface area contributed by atoms with Gasteiger partial charge in [-0.2, -0.15) is 0 Å². The van der Waals surface area contributed by atoms with Crippen molar-refractivity contribution in [2.24, 2.45) is 17.6 Å². The first-order chi connectivity index (χ1) is 6.86. The highest BCUT2D eigenvalue weighted by Gasteiger charge is 2.27. The normalized spacial score (nSPS) is 40.5. The van der Waals surface area contributed by atoms with Crippen LogP contribution in [-0.4, -0.2) is 19.3 Å². The van der Waals surface area contributed by atoms with E-state index in [1.54, 1.807) is 0 Å². The molecule has 1 aliphatic carbocycles. The van der Waals surface area contributed by atoms with Crippen LogP contribution in [0.4, 0.5) is 0 Å². The van der Waals surface area contributed by atoms with E-state index in [1.807, 2.05) is 0 Å². The minimum atomic E-state index is 0.462. The molecule has 2 heteroatoms. The van der Waals surface area contributed by atoms with Crippen LogP contribution in [0.1, 0.15) is 44.9 Å². The highest BCUT2D eigenvalue weighted by molar-refractivity contribution is 4.79. The molecular formula is C12H23NO. The number of nitrogens with two attached hydrogens (primary N) is 1. The van der Waals surface area contributed by atoms with Gasteiger partial charge in [0.25, 0.3) is 0 Å². The van der Waals surface area contributed by atoms with E-state index in [0.29, 0.717) is 6.04 Å². The van der Waals surface area contributed by atoms with Crippen molar-refractivity contribution in [2.75, 3.05) is 13.2 Å². The molecule has 2 nitrogen and oxygen atoms in total. The maximum atomic E-state index is 6.09. The van der Waals surface area contributed by atoms with Crippen LogP contribution in [0.3, 0.4) is 0 Å². The Morgan fingerprint density at radius 2 is 1.71 bits per heavy atom. The Bertz CT molecular complexity index is 166. The summed E-state index contributed by atoms with van der Waals surface area (Å²) in [6.07, 6.45) is 9.23. The monoisotopic (exact) mass is 197 g/mol. The predicted molar refractivity (Wildman–Crippen MR) is 58.1 cm³/mol. The third kappa shape index (κ3) is 2.71. The molecule has 1 aliphatic heterocycles. The summed E-state index contributed by atoms with van der Waals surface area (Å²) in [6, 6.07) is 0.462. The van der Waals surface area contributed by atoms with Gasteiger partial charge in [0, 0.05) is 19.3 Å². The van der Waals surface area contributed by atoms with Gasteiger partial charge in [-0.15, -0.1) is 0 Å². The molecule has 1 heterocycles. The first-order valence-electron chi connectivity index (χ1n) is 6.19. The van der Waals surface area contributed by atoms with Gasteiger partial charge >= 0.3 is 0 Å². The van der Waals surface area contributed by atoms with Crippen molar-refractivity contribution in [3.05, 3.63) is 0 Å². The summed E-state index contributed by atoms with van der Waals surface area (Å²) in [5.41, 5.74) is 6.09. The minimum Gasteiger partial charge on any atom is -0.381 e. The van der Waals surface area contributed by atoms with Crippen LogP contribution < -0.4 is 5.73 Å². The summed E-state index contributed by atoms with van der Waals surface area (Å²) in [5.74, 6) is 1.67. The van der Waals surface area contributed by atoms with E-state index in [-0.39, 0.29) is 0 Å². The summed E-state index contributed by atoms with van der Waals surface area (Å²) in [7, 11) is 0. The molecule has 3 unspecified atom stereocenters. The number of hydrogen-bond donors (Lipinski definition) is 1. The van der Waals surface area contributed by atoms with Crippen molar-refractivity contribution in [1.29, 1.82) is 0 Å². The lowest BCUT2D eigenvalue weighted by Crippen LogP contribution is -2.29. The molecule has 0 amide bonds. The quantitative estimate of drug-likeness (QED) is 0.655. The summed E-state index contributed by atoms with van der Waals surface area (Å²) in [4.78, 5) is 0. The molecule has 0 aromatic heterocycles. The molecule has 0 bridgehead atoms. The van der Waals surface area contributed by atoms with Gasteiger partial charge in [0.2, 0.25) is 0 Å². The molecule has 82 valence electrons. The summed E-state index contributed by atoms with van der Waals surface area (Å²) < 4.78 is 5.57. The molecule has 0 spiro atoms. The number of rotatable bonds is 1. The molecule has 14 heavy (non-hydrogen) atoms. The first-order valence-corrected chi connectivity index (χ1v) is 6.19. The van der Waals surface area contributed by atoms with Crippen LogP contribution in [0.2, 0.25) is 0 Å². The maximum absolute atomic E-state index is 6.09. The summed E-state index contributed by atoms with van der Waals surface area (Å²) >= 11 is 0. The molecule has 2 fully saturated rings. The third-order valence-corrected chi connectivity index (χ3v) is 3.87. The second-order valence-electron chi connectivity index (χ2n) is 5.02. The van der Waals surface area contributed by atoms with Crippen LogP contribution in [0, 0.1) is 11.8 Å². The molecule has 0 aromatic carbocycles. The van der Waals surface area contributed by atoms with E-state index in [0.717, 1.165) is 25.0 Å². The molecule has 2 aliphatic rings. The third-order valence-electron chi connectivity index (χ3n) is 3.87. The lowest BCUT2D eigenvalue weighted by atomic mass is 9.82. The van der Waals surface area contributed by atoms with Gasteiger partial charge in [0.1, 0.15) is 0 Å². The summed E-state index contributed by atoms with van der Waals surface area (Å²) in [5, 5.41) is 0. The SMILES string of the molecule is NC1CCCCC(C2CCCOC2)C1. The van der Waals surface area contributed by atoms with Gasteiger partial charge < -0.3 is 10.5 Å². The largest absolute Gasteiger partial charge is 0.381 e. The fraction of sp³-hybridized carbons (Fsp3) is 1.00. The highest BCUT2D eigenvalue weighted by Crippen LogP contribution is 2.32. The molecule has 2 N–H and O–H groups in total. The fourth-order valence-corrected chi connectivity index (χ4v) is 3.00. The van der Waals surface area contributed by atoms with Gasteiger partial charge in [-0.3, -0.25) is 0 Å². The zero-order valence-corrected chi connectivity index (χ0v) is 9.08. The highest BCUT2D eigenvalue weighted by atomic mass is 16.5. The van der Waals surface area contributed by atoms with Gasteiger partial charge in [-0.1, -0.05) is 19.3 Å². The van der Waals surface area contributed by atoms with Gasteiger partial charge in [0.05, 0.1) is 0 Å². The Morgan fingerprint density at radius 1 is 0.929 bits per heavy atom. The topological polar surface area (TPSA) is 35.2 Å². The zero-order chi connectivity index (χ0) is 9.80. The number of hydrogen-bond acceptors (Lipinski definition) is 2. The molecule has 2 rings (SSSR count). The van der Waals surface area contributed by atoms with Crippen LogP contribution in [0.5, 0.6) is 0 Å². The van der Waals surface area contributed by atoms with Crippen molar-refractivity contribution in [3.8, 4) is 0 Å². The lowest BCUT2D eigenvalue weighted by molar-refractivity contribution is 0.0264. The summed E-state index contributed by atoms with van der Waals surface area (Å²) in [6.45, 7) is 1.98. The number of ether oxygens (including phenoxy) is 1. The second kappa shape index (κ2) is 5.13. The molecule has 1 saturated heterocycles. The minimum absolute atomic E-state index is 0.462. The van der Waals surface area contributed by atoms with Gasteiger partial charge in [-0.25, -0.2) is 0 Å². The Balaban J connectivity index is 1.87. The van der Waals surface area contributed by atoms with Crippen molar-refractivity contribution >= 4 is 0 Å². The van der Waals surface area contributed by atoms with Gasteiger partial charge in [-0.05, 0) is 37.5 Å². The van der Waals surface area contributed by atoms with Crippen LogP contribution in [0.15, 0.2) is 0 Å². The molecule has 1 saturated carbocycles. The molecular weight excluding hydrogens is 174 g/mol. The molecule has 0 radical (unpaired) electrons. The zero-order valence-electron chi connectivity index (χ0n) is 9.08. The van der Waals surface area contributed by atoms with Crippen molar-refractivity contribution in [2.45, 2.75) is 51.0 Å². The Kier molecular flexibility index (Phi) is 3.82. The average molecular weight is 197 g/mol. The van der Waals surface area contributed by atoms with E-state index in [9.17, 15) is 0 Å². The first kappa shape index (κ1) is 10.4. The van der Waals surface area contributed by atoms with Crippen molar-refractivity contribution in [1.82, 2.24) is 0 Å². The van der Waals surface area contributed by atoms with Crippen LogP contribution in [-0.2, 0) is 4.74 Å². The van der Waals surface area contributed by atoms with Crippen LogP contribution in [0.25, 0.3) is 0 Å². The second-order valence-corrected chi connectivity index (χ2v) is 5.02. The van der Waals surface area contributed by atoms with Crippen LogP contribution >= 0.6 is 0 Å². The molecule has 0 aromatic rings. The predicted octanol–water partition coefficient (Wildman–Crippen LogP) is 2.32. The lowest BCUT2D eigenvalue weighted by Gasteiger charge is -2.30. The van der Waals surface area contributed by atoms with E-state index in [4.69, 9.17) is 10.5 Å². The average Bonchev–Trinajstić information content (AvgIpc) is 2.44. The van der Waals surface area contributed by atoms with Crippen molar-refractivity contribution in [3.63, 3.8) is 0 Å². The van der Waals surface area contributed by atoms with E-state index in [2.05, 4.69) is 0 Å². The van der Waals surface area contributed by atoms with E-state index in [1.165, 1.54) is 44.9 Å². The van der Waals surface area contributed by atoms with E-state index < -0.39 is 0 Å². The Hall–Kier alpha value is -0.0800.